The normalized spacial score (nSPS) is 11.7. The first-order valence-corrected chi connectivity index (χ1v) is 12.6. The number of hydrogen-bond donors (Lipinski definition) is 1. The molecule has 5 heteroatoms. The largest absolute Gasteiger partial charge is 0.494 e. The lowest BCUT2D eigenvalue weighted by molar-refractivity contribution is 0.289. The molecule has 0 bridgehead atoms. The van der Waals surface area contributed by atoms with E-state index >= 15 is 0 Å². The third kappa shape index (κ3) is 6.03. The number of rotatable bonds is 9. The summed E-state index contributed by atoms with van der Waals surface area (Å²) in [5, 5.41) is 9.99. The van der Waals surface area contributed by atoms with Crippen molar-refractivity contribution in [1.29, 1.82) is 0 Å². The Balaban J connectivity index is 1.71. The van der Waals surface area contributed by atoms with E-state index in [1.807, 2.05) is 66.9 Å². The molecule has 0 fully saturated rings. The van der Waals surface area contributed by atoms with Gasteiger partial charge in [-0.25, -0.2) is 0 Å². The van der Waals surface area contributed by atoms with Crippen LogP contribution >= 0.6 is 6.19 Å². The van der Waals surface area contributed by atoms with Crippen LogP contribution in [0.3, 0.4) is 0 Å². The Morgan fingerprint density at radius 1 is 0.897 bits per heavy atom. The van der Waals surface area contributed by atoms with Gasteiger partial charge in [-0.3, -0.25) is 5.20 Å². The fourth-order valence-corrected chi connectivity index (χ4v) is 5.59. The number of benzene rings is 3. The fourth-order valence-electron chi connectivity index (χ4n) is 2.79. The highest BCUT2D eigenvalue weighted by Gasteiger charge is 2.21. The maximum Gasteiger partial charge on any atom is 0.119 e. The SMILES string of the molecule is CC(C)CCOc1ccc(C=NNP(=S)(c2ccccc2)c2ccccc2)cc1. The van der Waals surface area contributed by atoms with Crippen molar-refractivity contribution in [3.05, 3.63) is 90.5 Å². The van der Waals surface area contributed by atoms with Gasteiger partial charge in [0.05, 0.1) is 12.8 Å². The van der Waals surface area contributed by atoms with Crippen molar-refractivity contribution in [3.8, 4) is 5.75 Å². The van der Waals surface area contributed by atoms with E-state index in [2.05, 4.69) is 48.4 Å². The Hall–Kier alpha value is -2.42. The van der Waals surface area contributed by atoms with E-state index < -0.39 is 6.19 Å². The molecule has 0 aliphatic rings. The molecular weight excluding hydrogens is 395 g/mol. The highest BCUT2D eigenvalue weighted by Crippen LogP contribution is 2.38. The molecule has 0 amide bonds. The monoisotopic (exact) mass is 422 g/mol. The van der Waals surface area contributed by atoms with E-state index in [9.17, 15) is 0 Å². The fraction of sp³-hybridized carbons (Fsp3) is 0.208. The van der Waals surface area contributed by atoms with Crippen LogP contribution in [0.5, 0.6) is 5.75 Å². The molecule has 0 atom stereocenters. The predicted molar refractivity (Wildman–Crippen MR) is 129 cm³/mol. The van der Waals surface area contributed by atoms with E-state index in [1.165, 1.54) is 0 Å². The van der Waals surface area contributed by atoms with Gasteiger partial charge in [0.25, 0.3) is 0 Å². The van der Waals surface area contributed by atoms with Gasteiger partial charge in [-0.1, -0.05) is 86.3 Å². The van der Waals surface area contributed by atoms with Crippen LogP contribution in [-0.2, 0) is 11.8 Å². The number of nitrogens with one attached hydrogen (secondary N) is 1. The van der Waals surface area contributed by atoms with Gasteiger partial charge in [-0.2, -0.15) is 5.10 Å². The highest BCUT2D eigenvalue weighted by atomic mass is 32.4. The molecule has 3 aromatic rings. The molecule has 3 rings (SSSR count). The Labute approximate surface area is 178 Å². The van der Waals surface area contributed by atoms with E-state index in [0.29, 0.717) is 5.92 Å². The minimum absolute atomic E-state index is 0.642. The summed E-state index contributed by atoms with van der Waals surface area (Å²) < 4.78 is 5.77. The van der Waals surface area contributed by atoms with E-state index in [4.69, 9.17) is 16.5 Å². The molecule has 0 spiro atoms. The Kier molecular flexibility index (Phi) is 7.62. The maximum atomic E-state index is 6.11. The predicted octanol–water partition coefficient (Wildman–Crippen LogP) is 5.08. The summed E-state index contributed by atoms with van der Waals surface area (Å²) in [6.45, 7) is 5.13. The van der Waals surface area contributed by atoms with Crippen molar-refractivity contribution in [2.75, 3.05) is 6.61 Å². The second-order valence-electron chi connectivity index (χ2n) is 7.24. The number of hydrogen-bond acceptors (Lipinski definition) is 3. The number of nitrogens with zero attached hydrogens (tertiary/aromatic N) is 1. The summed E-state index contributed by atoms with van der Waals surface area (Å²) in [4.78, 5) is 0. The van der Waals surface area contributed by atoms with Crippen LogP contribution in [0.25, 0.3) is 0 Å². The van der Waals surface area contributed by atoms with Gasteiger partial charge in [0.2, 0.25) is 0 Å². The Morgan fingerprint density at radius 3 is 1.97 bits per heavy atom. The van der Waals surface area contributed by atoms with Crippen LogP contribution in [0.1, 0.15) is 25.8 Å². The molecule has 1 N–H and O–H groups in total. The van der Waals surface area contributed by atoms with Crippen LogP contribution in [0.2, 0.25) is 0 Å². The summed E-state index contributed by atoms with van der Waals surface area (Å²) in [6.07, 6.45) is 0.628. The standard InChI is InChI=1S/C24H27N2OPS/c1-20(2)17-18-27-22-15-13-21(14-16-22)19-25-26-28(29,23-9-5-3-6-10-23)24-11-7-4-8-12-24/h3-16,19-20H,17-18H2,1-2H3,(H,26,29). The lowest BCUT2D eigenvalue weighted by Gasteiger charge is -2.22. The van der Waals surface area contributed by atoms with Crippen molar-refractivity contribution < 1.29 is 4.74 Å². The summed E-state index contributed by atoms with van der Waals surface area (Å²) in [7, 11) is 0. The summed E-state index contributed by atoms with van der Waals surface area (Å²) in [5.74, 6) is 1.53. The van der Waals surface area contributed by atoms with Crippen LogP contribution in [0.4, 0.5) is 0 Å². The molecule has 0 saturated heterocycles. The molecule has 3 aromatic carbocycles. The minimum Gasteiger partial charge on any atom is -0.494 e. The van der Waals surface area contributed by atoms with Crippen LogP contribution in [0, 0.1) is 5.92 Å². The van der Waals surface area contributed by atoms with E-state index in [0.717, 1.165) is 34.9 Å². The number of ether oxygens (including phenoxy) is 1. The van der Waals surface area contributed by atoms with Crippen molar-refractivity contribution >= 4 is 34.8 Å². The Morgan fingerprint density at radius 2 is 1.45 bits per heavy atom. The lowest BCUT2D eigenvalue weighted by Crippen LogP contribution is -2.24. The first kappa shape index (κ1) is 21.3. The lowest BCUT2D eigenvalue weighted by atomic mass is 10.1. The van der Waals surface area contributed by atoms with Gasteiger partial charge < -0.3 is 4.74 Å². The van der Waals surface area contributed by atoms with Crippen molar-refractivity contribution in [1.82, 2.24) is 5.20 Å². The topological polar surface area (TPSA) is 33.6 Å². The molecule has 150 valence electrons. The Bertz CT molecular complexity index is 914. The molecule has 3 nitrogen and oxygen atoms in total. The van der Waals surface area contributed by atoms with Crippen LogP contribution < -0.4 is 20.5 Å². The number of hydrazone groups is 1. The van der Waals surface area contributed by atoms with Gasteiger partial charge in [0, 0.05) is 10.6 Å². The molecular formula is C24H27N2OPS. The highest BCUT2D eigenvalue weighted by molar-refractivity contribution is 8.20. The first-order chi connectivity index (χ1) is 14.1. The third-order valence-electron chi connectivity index (χ3n) is 4.50. The zero-order valence-corrected chi connectivity index (χ0v) is 18.6. The average Bonchev–Trinajstić information content (AvgIpc) is 2.76. The molecule has 0 aliphatic heterocycles. The van der Waals surface area contributed by atoms with Crippen LogP contribution in [-0.4, -0.2) is 12.8 Å². The van der Waals surface area contributed by atoms with E-state index in [-0.39, 0.29) is 0 Å². The zero-order chi connectivity index (χ0) is 20.5. The van der Waals surface area contributed by atoms with Gasteiger partial charge in [-0.05, 0) is 42.2 Å². The summed E-state index contributed by atoms with van der Waals surface area (Å²) in [6, 6.07) is 28.3. The van der Waals surface area contributed by atoms with Gasteiger partial charge >= 0.3 is 0 Å². The summed E-state index contributed by atoms with van der Waals surface area (Å²) >= 11 is 6.11. The minimum atomic E-state index is -2.23. The second kappa shape index (κ2) is 10.4. The smallest absolute Gasteiger partial charge is 0.119 e. The molecule has 0 radical (unpaired) electrons. The van der Waals surface area contributed by atoms with Gasteiger partial charge in [-0.15, -0.1) is 0 Å². The third-order valence-corrected chi connectivity index (χ3v) is 8.45. The molecule has 0 aliphatic carbocycles. The quantitative estimate of drug-likeness (QED) is 0.297. The van der Waals surface area contributed by atoms with Crippen molar-refractivity contribution in [2.45, 2.75) is 20.3 Å². The van der Waals surface area contributed by atoms with Crippen molar-refractivity contribution in [2.24, 2.45) is 11.0 Å². The summed E-state index contributed by atoms with van der Waals surface area (Å²) in [5.41, 5.74) is 0.997. The van der Waals surface area contributed by atoms with Gasteiger partial charge in [0.1, 0.15) is 11.9 Å². The second-order valence-corrected chi connectivity index (χ2v) is 11.3. The molecule has 0 aromatic heterocycles. The van der Waals surface area contributed by atoms with E-state index in [1.54, 1.807) is 0 Å². The molecule has 0 unspecified atom stereocenters. The van der Waals surface area contributed by atoms with Gasteiger partial charge in [0.15, 0.2) is 0 Å². The first-order valence-electron chi connectivity index (χ1n) is 9.82. The average molecular weight is 423 g/mol. The molecule has 0 saturated carbocycles. The van der Waals surface area contributed by atoms with Crippen LogP contribution in [0.15, 0.2) is 90.0 Å². The zero-order valence-electron chi connectivity index (χ0n) is 16.9. The van der Waals surface area contributed by atoms with Crippen molar-refractivity contribution in [3.63, 3.8) is 0 Å². The molecule has 0 heterocycles. The maximum absolute atomic E-state index is 6.11. The molecule has 29 heavy (non-hydrogen) atoms.